The van der Waals surface area contributed by atoms with Gasteiger partial charge in [-0.15, -0.1) is 11.3 Å². The number of halogens is 1. The van der Waals surface area contributed by atoms with Gasteiger partial charge in [-0.05, 0) is 65.9 Å². The maximum Gasteiger partial charge on any atom is 0.0836 e. The van der Waals surface area contributed by atoms with Crippen molar-refractivity contribution in [3.8, 4) is 0 Å². The van der Waals surface area contributed by atoms with Gasteiger partial charge < -0.3 is 10.5 Å². The van der Waals surface area contributed by atoms with Crippen LogP contribution < -0.4 is 5.73 Å². The highest BCUT2D eigenvalue weighted by molar-refractivity contribution is 9.10. The highest BCUT2D eigenvalue weighted by atomic mass is 79.9. The minimum absolute atomic E-state index is 0.0925. The van der Waals surface area contributed by atoms with Gasteiger partial charge in [-0.2, -0.15) is 0 Å². The summed E-state index contributed by atoms with van der Waals surface area (Å²) in [7, 11) is 0. The zero-order valence-corrected chi connectivity index (χ0v) is 14.2. The minimum atomic E-state index is -0.106. The monoisotopic (exact) mass is 345 g/mol. The first-order valence-electron chi connectivity index (χ1n) is 7.19. The Morgan fingerprint density at radius 2 is 2.21 bits per heavy atom. The van der Waals surface area contributed by atoms with Crippen LogP contribution in [-0.4, -0.2) is 18.2 Å². The molecule has 2 nitrogen and oxygen atoms in total. The summed E-state index contributed by atoms with van der Waals surface area (Å²) in [4.78, 5) is 1.34. The third-order valence-electron chi connectivity index (χ3n) is 4.32. The first-order chi connectivity index (χ1) is 9.07. The standard InChI is InChI=1S/C15H24BrNOS/c1-3-18-15(7-4-11(2)5-8-15)14(17)10-13-12(16)6-9-19-13/h6,9,11,14H,3-5,7-8,10,17H2,1-2H3. The molecule has 2 rings (SSSR count). The molecule has 0 bridgehead atoms. The van der Waals surface area contributed by atoms with Crippen molar-refractivity contribution in [2.24, 2.45) is 11.7 Å². The second-order valence-corrected chi connectivity index (χ2v) is 7.54. The first-order valence-corrected chi connectivity index (χ1v) is 8.86. The first kappa shape index (κ1) is 15.5. The lowest BCUT2D eigenvalue weighted by Crippen LogP contribution is -2.53. The van der Waals surface area contributed by atoms with Crippen molar-refractivity contribution in [2.45, 2.75) is 57.6 Å². The summed E-state index contributed by atoms with van der Waals surface area (Å²) in [6.45, 7) is 5.17. The van der Waals surface area contributed by atoms with Crippen molar-refractivity contribution in [1.29, 1.82) is 0 Å². The highest BCUT2D eigenvalue weighted by Gasteiger charge is 2.40. The van der Waals surface area contributed by atoms with Gasteiger partial charge in [0.05, 0.1) is 5.60 Å². The molecule has 1 atom stereocenters. The summed E-state index contributed by atoms with van der Waals surface area (Å²) in [5.41, 5.74) is 6.43. The fraction of sp³-hybridized carbons (Fsp3) is 0.733. The quantitative estimate of drug-likeness (QED) is 0.859. The Morgan fingerprint density at radius 1 is 1.53 bits per heavy atom. The van der Waals surface area contributed by atoms with Crippen LogP contribution in [0.1, 0.15) is 44.4 Å². The molecule has 1 aliphatic carbocycles. The van der Waals surface area contributed by atoms with E-state index in [1.165, 1.54) is 22.2 Å². The second kappa shape index (κ2) is 6.70. The number of nitrogens with two attached hydrogens (primary N) is 1. The average Bonchev–Trinajstić information content (AvgIpc) is 2.78. The average molecular weight is 346 g/mol. The van der Waals surface area contributed by atoms with Crippen LogP contribution in [0.25, 0.3) is 0 Å². The van der Waals surface area contributed by atoms with Gasteiger partial charge in [0.15, 0.2) is 0 Å². The Bertz CT molecular complexity index is 399. The Balaban J connectivity index is 2.08. The molecule has 4 heteroatoms. The fourth-order valence-corrected chi connectivity index (χ4v) is 4.59. The van der Waals surface area contributed by atoms with Crippen LogP contribution in [0.4, 0.5) is 0 Å². The smallest absolute Gasteiger partial charge is 0.0836 e. The number of hydrogen-bond donors (Lipinski definition) is 1. The summed E-state index contributed by atoms with van der Waals surface area (Å²) in [6.07, 6.45) is 5.59. The van der Waals surface area contributed by atoms with E-state index in [1.54, 1.807) is 11.3 Å². The topological polar surface area (TPSA) is 35.2 Å². The van der Waals surface area contributed by atoms with Gasteiger partial charge >= 0.3 is 0 Å². The van der Waals surface area contributed by atoms with Gasteiger partial charge in [0.25, 0.3) is 0 Å². The number of rotatable bonds is 5. The molecule has 0 radical (unpaired) electrons. The summed E-state index contributed by atoms with van der Waals surface area (Å²) < 4.78 is 7.32. The Kier molecular flexibility index (Phi) is 5.46. The molecule has 1 unspecified atom stereocenters. The van der Waals surface area contributed by atoms with Gasteiger partial charge in [0.2, 0.25) is 0 Å². The number of thiophene rings is 1. The molecule has 0 spiro atoms. The van der Waals surface area contributed by atoms with Gasteiger partial charge in [-0.3, -0.25) is 0 Å². The van der Waals surface area contributed by atoms with E-state index >= 15 is 0 Å². The van der Waals surface area contributed by atoms with Crippen LogP contribution in [0.15, 0.2) is 15.9 Å². The van der Waals surface area contributed by atoms with E-state index < -0.39 is 0 Å². The van der Waals surface area contributed by atoms with E-state index in [0.717, 1.165) is 31.8 Å². The van der Waals surface area contributed by atoms with Gasteiger partial charge in [-0.25, -0.2) is 0 Å². The summed E-state index contributed by atoms with van der Waals surface area (Å²) in [6, 6.07) is 2.19. The third-order valence-corrected chi connectivity index (χ3v) is 6.27. The number of hydrogen-bond acceptors (Lipinski definition) is 3. The van der Waals surface area contributed by atoms with E-state index in [0.29, 0.717) is 0 Å². The van der Waals surface area contributed by atoms with E-state index in [4.69, 9.17) is 10.5 Å². The van der Waals surface area contributed by atoms with Crippen LogP contribution in [0.3, 0.4) is 0 Å². The van der Waals surface area contributed by atoms with E-state index in [-0.39, 0.29) is 11.6 Å². The zero-order chi connectivity index (χ0) is 13.9. The Labute approximate surface area is 128 Å². The van der Waals surface area contributed by atoms with E-state index in [9.17, 15) is 0 Å². The SMILES string of the molecule is CCOC1(C(N)Cc2sccc2Br)CCC(C)CC1. The molecule has 2 N–H and O–H groups in total. The normalized spacial score (nSPS) is 29.4. The third kappa shape index (κ3) is 3.60. The summed E-state index contributed by atoms with van der Waals surface area (Å²) >= 11 is 5.38. The van der Waals surface area contributed by atoms with Crippen LogP contribution in [0, 0.1) is 5.92 Å². The number of ether oxygens (including phenoxy) is 1. The van der Waals surface area contributed by atoms with Crippen molar-refractivity contribution < 1.29 is 4.74 Å². The van der Waals surface area contributed by atoms with Gasteiger partial charge in [-0.1, -0.05) is 6.92 Å². The molecule has 108 valence electrons. The van der Waals surface area contributed by atoms with Crippen LogP contribution >= 0.6 is 27.3 Å². The lowest BCUT2D eigenvalue weighted by molar-refractivity contribution is -0.0882. The van der Waals surface area contributed by atoms with Crippen LogP contribution in [-0.2, 0) is 11.2 Å². The van der Waals surface area contributed by atoms with E-state index in [1.807, 2.05) is 0 Å². The molecular formula is C15H24BrNOS. The summed E-state index contributed by atoms with van der Waals surface area (Å²) in [5, 5.41) is 2.11. The molecule has 0 amide bonds. The maximum absolute atomic E-state index is 6.54. The molecule has 1 aromatic heterocycles. The minimum Gasteiger partial charge on any atom is -0.374 e. The second-order valence-electron chi connectivity index (χ2n) is 5.68. The predicted octanol–water partition coefficient (Wildman–Crippen LogP) is 4.37. The van der Waals surface area contributed by atoms with Gasteiger partial charge in [0.1, 0.15) is 0 Å². The van der Waals surface area contributed by atoms with Crippen molar-refractivity contribution >= 4 is 27.3 Å². The molecule has 0 aromatic carbocycles. The molecule has 19 heavy (non-hydrogen) atoms. The molecule has 1 fully saturated rings. The lowest BCUT2D eigenvalue weighted by Gasteiger charge is -2.43. The van der Waals surface area contributed by atoms with Crippen molar-refractivity contribution in [1.82, 2.24) is 0 Å². The Morgan fingerprint density at radius 3 is 2.74 bits per heavy atom. The van der Waals surface area contributed by atoms with Crippen LogP contribution in [0.2, 0.25) is 0 Å². The molecule has 0 aliphatic heterocycles. The largest absolute Gasteiger partial charge is 0.374 e. The lowest BCUT2D eigenvalue weighted by atomic mass is 9.74. The molecule has 1 aliphatic rings. The predicted molar refractivity (Wildman–Crippen MR) is 85.7 cm³/mol. The molecular weight excluding hydrogens is 322 g/mol. The highest BCUT2D eigenvalue weighted by Crippen LogP contribution is 2.38. The van der Waals surface area contributed by atoms with Crippen LogP contribution in [0.5, 0.6) is 0 Å². The van der Waals surface area contributed by atoms with E-state index in [2.05, 4.69) is 41.2 Å². The van der Waals surface area contributed by atoms with Gasteiger partial charge in [0, 0.05) is 28.4 Å². The van der Waals surface area contributed by atoms with Crippen molar-refractivity contribution in [2.75, 3.05) is 6.61 Å². The molecule has 1 heterocycles. The molecule has 1 aromatic rings. The Hall–Kier alpha value is 0.100. The van der Waals surface area contributed by atoms with Crippen molar-refractivity contribution in [3.63, 3.8) is 0 Å². The molecule has 0 saturated heterocycles. The molecule has 1 saturated carbocycles. The maximum atomic E-state index is 6.54. The fourth-order valence-electron chi connectivity index (χ4n) is 3.02. The summed E-state index contributed by atoms with van der Waals surface area (Å²) in [5.74, 6) is 0.814. The van der Waals surface area contributed by atoms with Crippen molar-refractivity contribution in [3.05, 3.63) is 20.8 Å². The zero-order valence-electron chi connectivity index (χ0n) is 11.8.